The van der Waals surface area contributed by atoms with Crippen molar-refractivity contribution in [1.29, 1.82) is 0 Å². The van der Waals surface area contributed by atoms with E-state index in [0.717, 1.165) is 51.4 Å². The van der Waals surface area contributed by atoms with Crippen LogP contribution >= 0.6 is 7.82 Å². The Hall–Kier alpha value is -2.03. The number of phosphoric ester groups is 1. The van der Waals surface area contributed by atoms with Gasteiger partial charge in [0.15, 0.2) is 6.10 Å². The number of quaternary nitrogens is 1. The Balaban J connectivity index is 4.11. The zero-order valence-corrected chi connectivity index (χ0v) is 48.8. The van der Waals surface area contributed by atoms with Crippen LogP contribution < -0.4 is 4.89 Å². The van der Waals surface area contributed by atoms with Gasteiger partial charge in [0.1, 0.15) is 19.8 Å². The van der Waals surface area contributed by atoms with Crippen molar-refractivity contribution in [1.82, 2.24) is 0 Å². The third kappa shape index (κ3) is 57.3. The second-order valence-electron chi connectivity index (χ2n) is 21.7. The van der Waals surface area contributed by atoms with Crippen molar-refractivity contribution < 1.29 is 42.1 Å². The predicted molar refractivity (Wildman–Crippen MR) is 305 cm³/mol. The van der Waals surface area contributed by atoms with Crippen LogP contribution in [-0.4, -0.2) is 70.0 Å². The van der Waals surface area contributed by atoms with Crippen molar-refractivity contribution in [3.8, 4) is 0 Å². The maximum absolute atomic E-state index is 12.8. The zero-order valence-electron chi connectivity index (χ0n) is 47.9. The summed E-state index contributed by atoms with van der Waals surface area (Å²) in [6.45, 7) is 4.25. The van der Waals surface area contributed by atoms with Crippen molar-refractivity contribution in [3.05, 3.63) is 48.6 Å². The molecule has 0 aliphatic carbocycles. The number of hydrogen-bond donors (Lipinski definition) is 0. The molecule has 0 aromatic rings. The SMILES string of the molecule is CCCCCCC/C=C\C/C=C\C/C=C\CCCCCCCCCCCCCCCCC(=O)OC(COC(=O)CCCCCCCCCCC/C=C\CCCCCCCC)COP(=O)([O-])OCC[N+](C)(C)C. The highest BCUT2D eigenvalue weighted by molar-refractivity contribution is 7.45. The third-order valence-corrected chi connectivity index (χ3v) is 14.3. The number of carbonyl (C=O) groups excluding carboxylic acids is 2. The van der Waals surface area contributed by atoms with Crippen LogP contribution in [0.1, 0.15) is 284 Å². The normalized spacial score (nSPS) is 13.6. The molecule has 0 amide bonds. The molecule has 9 nitrogen and oxygen atoms in total. The predicted octanol–water partition coefficient (Wildman–Crippen LogP) is 18.3. The molecule has 0 aliphatic rings. The van der Waals surface area contributed by atoms with Crippen molar-refractivity contribution >= 4 is 19.8 Å². The highest BCUT2D eigenvalue weighted by atomic mass is 31.2. The van der Waals surface area contributed by atoms with E-state index in [-0.39, 0.29) is 32.0 Å². The lowest BCUT2D eigenvalue weighted by molar-refractivity contribution is -0.870. The number of hydrogen-bond acceptors (Lipinski definition) is 8. The molecule has 0 saturated carbocycles. The second-order valence-corrected chi connectivity index (χ2v) is 23.1. The molecular weight excluding hydrogens is 918 g/mol. The molecule has 422 valence electrons. The van der Waals surface area contributed by atoms with Gasteiger partial charge in [-0.3, -0.25) is 14.2 Å². The van der Waals surface area contributed by atoms with E-state index in [1.165, 1.54) is 199 Å². The summed E-state index contributed by atoms with van der Waals surface area (Å²) in [4.78, 5) is 37.9. The molecule has 0 rings (SSSR count). The van der Waals surface area contributed by atoms with E-state index in [4.69, 9.17) is 18.5 Å². The van der Waals surface area contributed by atoms with E-state index in [2.05, 4.69) is 62.5 Å². The van der Waals surface area contributed by atoms with Crippen LogP contribution in [0.3, 0.4) is 0 Å². The van der Waals surface area contributed by atoms with Gasteiger partial charge in [0.25, 0.3) is 7.82 Å². The Labute approximate surface area is 445 Å². The number of esters is 2. The van der Waals surface area contributed by atoms with Crippen LogP contribution in [0.2, 0.25) is 0 Å². The Morgan fingerprint density at radius 1 is 0.431 bits per heavy atom. The third-order valence-electron chi connectivity index (χ3n) is 13.3. The lowest BCUT2D eigenvalue weighted by Gasteiger charge is -2.28. The molecule has 0 radical (unpaired) electrons. The summed E-state index contributed by atoms with van der Waals surface area (Å²) < 4.78 is 34.2. The van der Waals surface area contributed by atoms with Crippen LogP contribution in [-0.2, 0) is 32.7 Å². The van der Waals surface area contributed by atoms with Gasteiger partial charge >= 0.3 is 11.9 Å². The Bertz CT molecular complexity index is 1360. The first-order valence-corrected chi connectivity index (χ1v) is 31.8. The molecule has 72 heavy (non-hydrogen) atoms. The number of allylic oxidation sites excluding steroid dienone is 8. The Morgan fingerprint density at radius 3 is 1.12 bits per heavy atom. The molecule has 2 atom stereocenters. The summed E-state index contributed by atoms with van der Waals surface area (Å²) in [7, 11) is 1.17. The summed E-state index contributed by atoms with van der Waals surface area (Å²) in [5, 5.41) is 0. The highest BCUT2D eigenvalue weighted by Gasteiger charge is 2.22. The van der Waals surface area contributed by atoms with Gasteiger partial charge in [0.05, 0.1) is 27.7 Å². The second kappa shape index (κ2) is 53.8. The lowest BCUT2D eigenvalue weighted by atomic mass is 10.0. The standard InChI is InChI=1S/C62H116NO8P/c1-6-8-10-12-14-16-18-20-22-24-26-27-28-29-30-31-32-33-34-35-37-39-41-43-45-47-49-51-53-55-62(65)71-60(59-70-72(66,67)69-57-56-63(3,4)5)58-68-61(64)54-52-50-48-46-44-42-40-38-36-25-23-21-19-17-15-13-11-9-7-2/h18,20-21,23-24,26,28-29,60H,6-17,19,22,25,27,30-59H2,1-5H3/b20-18-,23-21-,26-24-,29-28-. The van der Waals surface area contributed by atoms with Crippen molar-refractivity contribution in [2.45, 2.75) is 290 Å². The van der Waals surface area contributed by atoms with Gasteiger partial charge < -0.3 is 27.9 Å². The van der Waals surface area contributed by atoms with E-state index in [9.17, 15) is 19.0 Å². The number of nitrogens with zero attached hydrogens (tertiary/aromatic N) is 1. The molecule has 0 spiro atoms. The largest absolute Gasteiger partial charge is 0.756 e. The van der Waals surface area contributed by atoms with Crippen LogP contribution in [0.5, 0.6) is 0 Å². The molecule has 0 aromatic heterocycles. The first kappa shape index (κ1) is 70.0. The van der Waals surface area contributed by atoms with Crippen molar-refractivity contribution in [3.63, 3.8) is 0 Å². The number of unbranched alkanes of at least 4 members (excludes halogenated alkanes) is 34. The van der Waals surface area contributed by atoms with Gasteiger partial charge in [0, 0.05) is 12.8 Å². The Morgan fingerprint density at radius 2 is 0.750 bits per heavy atom. The molecule has 0 fully saturated rings. The fraction of sp³-hybridized carbons (Fsp3) is 0.839. The molecule has 10 heteroatoms. The summed E-state index contributed by atoms with van der Waals surface area (Å²) in [5.41, 5.74) is 0. The van der Waals surface area contributed by atoms with Gasteiger partial charge in [0.2, 0.25) is 0 Å². The number of likely N-dealkylation sites (N-methyl/N-ethyl adjacent to an activating group) is 1. The van der Waals surface area contributed by atoms with Gasteiger partial charge in [-0.1, -0.05) is 242 Å². The maximum atomic E-state index is 12.8. The first-order chi connectivity index (χ1) is 35.0. The smallest absolute Gasteiger partial charge is 0.306 e. The van der Waals surface area contributed by atoms with Gasteiger partial charge in [-0.2, -0.15) is 0 Å². The minimum Gasteiger partial charge on any atom is -0.756 e. The topological polar surface area (TPSA) is 111 Å². The molecular formula is C62H116NO8P. The fourth-order valence-electron chi connectivity index (χ4n) is 8.60. The minimum absolute atomic E-state index is 0.0309. The van der Waals surface area contributed by atoms with Crippen molar-refractivity contribution in [2.75, 3.05) is 47.5 Å². The molecule has 0 bridgehead atoms. The molecule has 0 saturated heterocycles. The van der Waals surface area contributed by atoms with Crippen molar-refractivity contribution in [2.24, 2.45) is 0 Å². The summed E-state index contributed by atoms with van der Waals surface area (Å²) in [6, 6.07) is 0. The van der Waals surface area contributed by atoms with E-state index in [0.29, 0.717) is 17.4 Å². The first-order valence-electron chi connectivity index (χ1n) is 30.3. The summed E-state index contributed by atoms with van der Waals surface area (Å²) >= 11 is 0. The molecule has 0 aliphatic heterocycles. The Kier molecular flexibility index (Phi) is 52.3. The van der Waals surface area contributed by atoms with Crippen LogP contribution in [0.15, 0.2) is 48.6 Å². The van der Waals surface area contributed by atoms with Crippen LogP contribution in [0.4, 0.5) is 0 Å². The molecule has 0 N–H and O–H groups in total. The summed E-state index contributed by atoms with van der Waals surface area (Å²) in [6.07, 6.45) is 67.3. The van der Waals surface area contributed by atoms with E-state index < -0.39 is 26.5 Å². The van der Waals surface area contributed by atoms with Gasteiger partial charge in [-0.15, -0.1) is 0 Å². The number of phosphoric acid groups is 1. The van der Waals surface area contributed by atoms with Gasteiger partial charge in [-0.25, -0.2) is 0 Å². The van der Waals surface area contributed by atoms with Gasteiger partial charge in [-0.05, 0) is 77.0 Å². The lowest BCUT2D eigenvalue weighted by Crippen LogP contribution is -2.37. The fourth-order valence-corrected chi connectivity index (χ4v) is 9.33. The number of carbonyl (C=O) groups is 2. The average Bonchev–Trinajstić information content (AvgIpc) is 3.34. The van der Waals surface area contributed by atoms with E-state index in [1.807, 2.05) is 21.1 Å². The molecule has 2 unspecified atom stereocenters. The summed E-state index contributed by atoms with van der Waals surface area (Å²) in [5.74, 6) is -0.826. The zero-order chi connectivity index (χ0) is 52.7. The number of rotatable bonds is 56. The molecule has 0 heterocycles. The quantitative estimate of drug-likeness (QED) is 0.0195. The maximum Gasteiger partial charge on any atom is 0.306 e. The van der Waals surface area contributed by atoms with E-state index in [1.54, 1.807) is 0 Å². The monoisotopic (exact) mass is 1030 g/mol. The number of ether oxygens (including phenoxy) is 2. The highest BCUT2D eigenvalue weighted by Crippen LogP contribution is 2.38. The minimum atomic E-state index is -4.64. The molecule has 0 aromatic carbocycles. The average molecular weight is 1030 g/mol. The van der Waals surface area contributed by atoms with Crippen LogP contribution in [0, 0.1) is 0 Å². The van der Waals surface area contributed by atoms with Crippen LogP contribution in [0.25, 0.3) is 0 Å². The van der Waals surface area contributed by atoms with E-state index >= 15 is 0 Å².